The maximum absolute atomic E-state index is 11.2. The van der Waals surface area contributed by atoms with Gasteiger partial charge in [-0.1, -0.05) is 0 Å². The Morgan fingerprint density at radius 1 is 1.53 bits per heavy atom. The van der Waals surface area contributed by atoms with Gasteiger partial charge >= 0.3 is 12.0 Å². The number of amides is 2. The first-order valence-electron chi connectivity index (χ1n) is 5.21. The van der Waals surface area contributed by atoms with E-state index in [1.807, 2.05) is 13.8 Å². The van der Waals surface area contributed by atoms with Crippen LogP contribution in [0.1, 0.15) is 29.3 Å². The summed E-state index contributed by atoms with van der Waals surface area (Å²) in [4.78, 5) is 25.7. The van der Waals surface area contributed by atoms with Crippen molar-refractivity contribution >= 4 is 23.3 Å². The number of aromatic nitrogens is 1. The number of carbonyl (C=O) groups excluding carboxylic acids is 1. The van der Waals surface area contributed by atoms with Crippen molar-refractivity contribution in [1.82, 2.24) is 15.6 Å². The van der Waals surface area contributed by atoms with Gasteiger partial charge in [-0.3, -0.25) is 0 Å². The quantitative estimate of drug-likeness (QED) is 0.736. The van der Waals surface area contributed by atoms with Crippen LogP contribution in [0, 0.1) is 0 Å². The molecule has 0 aliphatic heterocycles. The van der Waals surface area contributed by atoms with Crippen molar-refractivity contribution in [2.45, 2.75) is 26.3 Å². The van der Waals surface area contributed by atoms with E-state index >= 15 is 0 Å². The lowest BCUT2D eigenvalue weighted by Gasteiger charge is -2.09. The largest absolute Gasteiger partial charge is 0.476 e. The third-order valence-corrected chi connectivity index (χ3v) is 2.72. The lowest BCUT2D eigenvalue weighted by molar-refractivity contribution is 0.0691. The average Bonchev–Trinajstić information content (AvgIpc) is 2.65. The standard InChI is InChI=1S/C10H15N3O3S/c1-6(2)12-10(16)11-4-3-8-13-7(5-17-8)9(14)15/h5-6H,3-4H2,1-2H3,(H,14,15)(H2,11,12,16). The van der Waals surface area contributed by atoms with Gasteiger partial charge in [0.15, 0.2) is 5.69 Å². The van der Waals surface area contributed by atoms with Gasteiger partial charge in [0.2, 0.25) is 0 Å². The predicted octanol–water partition coefficient (Wildman–Crippen LogP) is 1.09. The van der Waals surface area contributed by atoms with Crippen LogP contribution in [0.2, 0.25) is 0 Å². The molecule has 6 nitrogen and oxygen atoms in total. The van der Waals surface area contributed by atoms with Gasteiger partial charge in [0, 0.05) is 24.4 Å². The Morgan fingerprint density at radius 3 is 2.76 bits per heavy atom. The van der Waals surface area contributed by atoms with E-state index in [2.05, 4.69) is 15.6 Å². The van der Waals surface area contributed by atoms with Gasteiger partial charge in [0.05, 0.1) is 5.01 Å². The lowest BCUT2D eigenvalue weighted by atomic mass is 10.4. The number of carbonyl (C=O) groups is 2. The smallest absolute Gasteiger partial charge is 0.355 e. The van der Waals surface area contributed by atoms with Crippen LogP contribution in [0.25, 0.3) is 0 Å². The van der Waals surface area contributed by atoms with E-state index in [9.17, 15) is 9.59 Å². The summed E-state index contributed by atoms with van der Waals surface area (Å²) in [6.45, 7) is 4.18. The molecule has 0 unspecified atom stereocenters. The molecular formula is C10H15N3O3S. The molecule has 0 saturated heterocycles. The van der Waals surface area contributed by atoms with E-state index in [4.69, 9.17) is 5.11 Å². The number of aromatic carboxylic acids is 1. The molecule has 1 rings (SSSR count). The second-order valence-electron chi connectivity index (χ2n) is 3.74. The second kappa shape index (κ2) is 6.19. The molecule has 0 saturated carbocycles. The van der Waals surface area contributed by atoms with Gasteiger partial charge in [-0.15, -0.1) is 11.3 Å². The summed E-state index contributed by atoms with van der Waals surface area (Å²) in [6.07, 6.45) is 0.531. The number of hydrogen-bond donors (Lipinski definition) is 3. The van der Waals surface area contributed by atoms with E-state index < -0.39 is 5.97 Å². The molecule has 0 fully saturated rings. The molecule has 1 heterocycles. The van der Waals surface area contributed by atoms with Gasteiger partial charge < -0.3 is 15.7 Å². The van der Waals surface area contributed by atoms with E-state index in [1.165, 1.54) is 16.7 Å². The fourth-order valence-electron chi connectivity index (χ4n) is 1.12. The first kappa shape index (κ1) is 13.4. The number of nitrogens with one attached hydrogen (secondary N) is 2. The van der Waals surface area contributed by atoms with Crippen LogP contribution < -0.4 is 10.6 Å². The molecule has 94 valence electrons. The zero-order chi connectivity index (χ0) is 12.8. The zero-order valence-electron chi connectivity index (χ0n) is 9.69. The highest BCUT2D eigenvalue weighted by Crippen LogP contribution is 2.09. The molecule has 0 aliphatic rings. The number of thiazole rings is 1. The van der Waals surface area contributed by atoms with Crippen LogP contribution >= 0.6 is 11.3 Å². The maximum Gasteiger partial charge on any atom is 0.355 e. The summed E-state index contributed by atoms with van der Waals surface area (Å²) in [5, 5.41) is 16.2. The molecule has 1 aromatic rings. The van der Waals surface area contributed by atoms with Crippen molar-refractivity contribution in [3.05, 3.63) is 16.1 Å². The van der Waals surface area contributed by atoms with Gasteiger partial charge in [0.25, 0.3) is 0 Å². The van der Waals surface area contributed by atoms with Crippen molar-refractivity contribution in [2.24, 2.45) is 0 Å². The van der Waals surface area contributed by atoms with E-state index in [1.54, 1.807) is 0 Å². The van der Waals surface area contributed by atoms with Crippen molar-refractivity contribution < 1.29 is 14.7 Å². The Labute approximate surface area is 103 Å². The summed E-state index contributed by atoms with van der Waals surface area (Å²) in [5.74, 6) is -1.03. The summed E-state index contributed by atoms with van der Waals surface area (Å²) in [5.41, 5.74) is 0.0524. The van der Waals surface area contributed by atoms with E-state index in [0.717, 1.165) is 0 Å². The highest BCUT2D eigenvalue weighted by molar-refractivity contribution is 7.09. The highest BCUT2D eigenvalue weighted by atomic mass is 32.1. The molecule has 0 bridgehead atoms. The number of hydrogen-bond acceptors (Lipinski definition) is 4. The Morgan fingerprint density at radius 2 is 2.24 bits per heavy atom. The number of carboxylic acid groups (broad SMARTS) is 1. The molecule has 17 heavy (non-hydrogen) atoms. The maximum atomic E-state index is 11.2. The average molecular weight is 257 g/mol. The van der Waals surface area contributed by atoms with Crippen LogP contribution in [-0.4, -0.2) is 34.7 Å². The topological polar surface area (TPSA) is 91.3 Å². The van der Waals surface area contributed by atoms with Crippen molar-refractivity contribution in [3.8, 4) is 0 Å². The second-order valence-corrected chi connectivity index (χ2v) is 4.68. The predicted molar refractivity (Wildman–Crippen MR) is 64.4 cm³/mol. The third kappa shape index (κ3) is 4.81. The molecule has 0 aliphatic carbocycles. The first-order chi connectivity index (χ1) is 7.99. The zero-order valence-corrected chi connectivity index (χ0v) is 10.5. The molecular weight excluding hydrogens is 242 g/mol. The first-order valence-corrected chi connectivity index (χ1v) is 6.09. The normalized spacial score (nSPS) is 10.3. The van der Waals surface area contributed by atoms with Gasteiger partial charge in [-0.2, -0.15) is 0 Å². The number of nitrogens with zero attached hydrogens (tertiary/aromatic N) is 1. The minimum absolute atomic E-state index is 0.0524. The summed E-state index contributed by atoms with van der Waals surface area (Å²) in [6, 6.07) is -0.136. The Kier molecular flexibility index (Phi) is 4.89. The summed E-state index contributed by atoms with van der Waals surface area (Å²) in [7, 11) is 0. The minimum Gasteiger partial charge on any atom is -0.476 e. The van der Waals surface area contributed by atoms with Gasteiger partial charge in [-0.25, -0.2) is 14.6 Å². The summed E-state index contributed by atoms with van der Waals surface area (Å²) >= 11 is 1.28. The Balaban J connectivity index is 2.31. The minimum atomic E-state index is -1.03. The molecule has 7 heteroatoms. The highest BCUT2D eigenvalue weighted by Gasteiger charge is 2.08. The molecule has 3 N–H and O–H groups in total. The fourth-order valence-corrected chi connectivity index (χ4v) is 1.89. The van der Waals surface area contributed by atoms with Crippen molar-refractivity contribution in [1.29, 1.82) is 0 Å². The SMILES string of the molecule is CC(C)NC(=O)NCCc1nc(C(=O)O)cs1. The van der Waals surface area contributed by atoms with Gasteiger partial charge in [-0.05, 0) is 13.8 Å². The lowest BCUT2D eigenvalue weighted by Crippen LogP contribution is -2.40. The van der Waals surface area contributed by atoms with Crippen molar-refractivity contribution in [2.75, 3.05) is 6.54 Å². The van der Waals surface area contributed by atoms with Gasteiger partial charge in [0.1, 0.15) is 0 Å². The molecule has 1 aromatic heterocycles. The fraction of sp³-hybridized carbons (Fsp3) is 0.500. The van der Waals surface area contributed by atoms with Crippen LogP contribution in [0.3, 0.4) is 0 Å². The molecule has 0 aromatic carbocycles. The van der Waals surface area contributed by atoms with E-state index in [-0.39, 0.29) is 17.8 Å². The number of rotatable bonds is 5. The van der Waals surface area contributed by atoms with Crippen LogP contribution in [0.5, 0.6) is 0 Å². The third-order valence-electron chi connectivity index (χ3n) is 1.82. The monoisotopic (exact) mass is 257 g/mol. The molecule has 0 spiro atoms. The number of carboxylic acids is 1. The van der Waals surface area contributed by atoms with Crippen LogP contribution in [-0.2, 0) is 6.42 Å². The van der Waals surface area contributed by atoms with E-state index in [0.29, 0.717) is 18.0 Å². The molecule has 0 radical (unpaired) electrons. The Hall–Kier alpha value is -1.63. The molecule has 0 atom stereocenters. The van der Waals surface area contributed by atoms with Crippen LogP contribution in [0.4, 0.5) is 4.79 Å². The molecule has 2 amide bonds. The summed E-state index contributed by atoms with van der Waals surface area (Å²) < 4.78 is 0. The van der Waals surface area contributed by atoms with Crippen molar-refractivity contribution in [3.63, 3.8) is 0 Å². The van der Waals surface area contributed by atoms with Crippen LogP contribution in [0.15, 0.2) is 5.38 Å². The Bertz CT molecular complexity index is 403. The number of urea groups is 1.